The summed E-state index contributed by atoms with van der Waals surface area (Å²) < 4.78 is 14.1. The lowest BCUT2D eigenvalue weighted by Crippen LogP contribution is -2.33. The number of carbonyl (C=O) groups excluding carboxylic acids is 1. The topological polar surface area (TPSA) is 79.6 Å². The number of nitro groups is 1. The molecule has 7 nitrogen and oxygen atoms in total. The highest BCUT2D eigenvalue weighted by Crippen LogP contribution is 2.30. The molecule has 9 heteroatoms. The molecular formula is C19H19FN4O3S. The van der Waals surface area contributed by atoms with Crippen molar-refractivity contribution in [3.05, 3.63) is 64.0 Å². The van der Waals surface area contributed by atoms with E-state index < -0.39 is 4.92 Å². The van der Waals surface area contributed by atoms with Gasteiger partial charge >= 0.3 is 0 Å². The minimum atomic E-state index is -0.534. The highest BCUT2D eigenvalue weighted by atomic mass is 32.1. The van der Waals surface area contributed by atoms with Gasteiger partial charge in [0.05, 0.1) is 15.1 Å². The Balaban J connectivity index is 1.96. The maximum absolute atomic E-state index is 13.5. The van der Waals surface area contributed by atoms with Crippen LogP contribution in [0.3, 0.4) is 0 Å². The van der Waals surface area contributed by atoms with Crippen LogP contribution in [0.25, 0.3) is 10.2 Å². The maximum atomic E-state index is 13.5. The second kappa shape index (κ2) is 8.41. The molecule has 0 aliphatic carbocycles. The van der Waals surface area contributed by atoms with E-state index in [0.717, 1.165) is 6.54 Å². The third-order valence-electron chi connectivity index (χ3n) is 4.11. The van der Waals surface area contributed by atoms with Crippen LogP contribution < -0.4 is 4.90 Å². The van der Waals surface area contributed by atoms with Crippen LogP contribution in [-0.2, 0) is 0 Å². The van der Waals surface area contributed by atoms with Crippen molar-refractivity contribution in [2.24, 2.45) is 0 Å². The van der Waals surface area contributed by atoms with E-state index in [0.29, 0.717) is 28.3 Å². The summed E-state index contributed by atoms with van der Waals surface area (Å²) in [6.45, 7) is 1.15. The number of thiazole rings is 1. The number of nitro benzene ring substituents is 1. The molecule has 0 N–H and O–H groups in total. The molecule has 28 heavy (non-hydrogen) atoms. The lowest BCUT2D eigenvalue weighted by molar-refractivity contribution is -0.384. The van der Waals surface area contributed by atoms with Gasteiger partial charge in [-0.25, -0.2) is 9.37 Å². The number of nitrogens with zero attached hydrogens (tertiary/aromatic N) is 4. The second-order valence-corrected chi connectivity index (χ2v) is 7.54. The summed E-state index contributed by atoms with van der Waals surface area (Å²) in [7, 11) is 3.88. The SMILES string of the molecule is CN(C)CCCN(C(=O)c1cccc([N+](=O)[O-])c1)c1nc2ccc(F)cc2s1. The number of hydrogen-bond donors (Lipinski definition) is 0. The number of fused-ring (bicyclic) bond motifs is 1. The Kier molecular flexibility index (Phi) is 5.96. The summed E-state index contributed by atoms with van der Waals surface area (Å²) in [6, 6.07) is 9.90. The van der Waals surface area contributed by atoms with E-state index in [1.165, 1.54) is 46.6 Å². The fourth-order valence-corrected chi connectivity index (χ4v) is 3.75. The van der Waals surface area contributed by atoms with Gasteiger partial charge in [0.2, 0.25) is 0 Å². The largest absolute Gasteiger partial charge is 0.309 e. The van der Waals surface area contributed by atoms with E-state index in [-0.39, 0.29) is 23.0 Å². The summed E-state index contributed by atoms with van der Waals surface area (Å²) in [4.78, 5) is 31.6. The Hall–Kier alpha value is -2.91. The van der Waals surface area contributed by atoms with Crippen LogP contribution in [0.15, 0.2) is 42.5 Å². The van der Waals surface area contributed by atoms with Crippen LogP contribution in [0.2, 0.25) is 0 Å². The van der Waals surface area contributed by atoms with Crippen molar-refractivity contribution in [2.45, 2.75) is 6.42 Å². The van der Waals surface area contributed by atoms with Gasteiger partial charge in [0.25, 0.3) is 11.6 Å². The second-order valence-electron chi connectivity index (χ2n) is 6.53. The first-order valence-corrected chi connectivity index (χ1v) is 9.44. The van der Waals surface area contributed by atoms with E-state index in [1.54, 1.807) is 12.1 Å². The van der Waals surface area contributed by atoms with Crippen LogP contribution in [0.5, 0.6) is 0 Å². The number of hydrogen-bond acceptors (Lipinski definition) is 6. The first-order chi connectivity index (χ1) is 13.3. The van der Waals surface area contributed by atoms with Gasteiger partial charge < -0.3 is 4.90 Å². The van der Waals surface area contributed by atoms with Crippen molar-refractivity contribution in [3.8, 4) is 0 Å². The molecule has 1 heterocycles. The first kappa shape index (κ1) is 19.8. The molecule has 3 aromatic rings. The number of benzene rings is 2. The van der Waals surface area contributed by atoms with Crippen LogP contribution >= 0.6 is 11.3 Å². The summed E-state index contributed by atoms with van der Waals surface area (Å²) in [6.07, 6.45) is 0.692. The molecule has 0 aliphatic heterocycles. The molecule has 0 atom stereocenters. The zero-order valence-corrected chi connectivity index (χ0v) is 16.3. The monoisotopic (exact) mass is 402 g/mol. The van der Waals surface area contributed by atoms with Gasteiger partial charge in [0.1, 0.15) is 5.82 Å². The van der Waals surface area contributed by atoms with Gasteiger partial charge in [-0.3, -0.25) is 19.8 Å². The molecule has 0 saturated carbocycles. The molecule has 0 bridgehead atoms. The molecule has 0 spiro atoms. The minimum Gasteiger partial charge on any atom is -0.309 e. The van der Waals surface area contributed by atoms with E-state index in [4.69, 9.17) is 0 Å². The average molecular weight is 402 g/mol. The highest BCUT2D eigenvalue weighted by Gasteiger charge is 2.22. The molecule has 0 fully saturated rings. The van der Waals surface area contributed by atoms with E-state index >= 15 is 0 Å². The van der Waals surface area contributed by atoms with E-state index in [2.05, 4.69) is 4.98 Å². The lowest BCUT2D eigenvalue weighted by Gasteiger charge is -2.21. The number of non-ortho nitro benzene ring substituents is 1. The van der Waals surface area contributed by atoms with Gasteiger partial charge in [-0.15, -0.1) is 0 Å². The zero-order chi connectivity index (χ0) is 20.3. The fraction of sp³-hybridized carbons (Fsp3) is 0.263. The van der Waals surface area contributed by atoms with Gasteiger partial charge in [0.15, 0.2) is 5.13 Å². The van der Waals surface area contributed by atoms with E-state index in [1.807, 2.05) is 19.0 Å². The average Bonchev–Trinajstić information content (AvgIpc) is 3.07. The predicted molar refractivity (Wildman–Crippen MR) is 108 cm³/mol. The molecule has 0 aliphatic rings. The number of carbonyl (C=O) groups is 1. The first-order valence-electron chi connectivity index (χ1n) is 8.62. The summed E-state index contributed by atoms with van der Waals surface area (Å²) in [5.74, 6) is -0.742. The number of amides is 1. The predicted octanol–water partition coefficient (Wildman–Crippen LogP) is 3.94. The molecular weight excluding hydrogens is 383 g/mol. The Labute approximate surface area is 165 Å². The molecule has 2 aromatic carbocycles. The van der Waals surface area contributed by atoms with Crippen molar-refractivity contribution in [2.75, 3.05) is 32.1 Å². The summed E-state index contributed by atoms with van der Waals surface area (Å²) in [5.41, 5.74) is 0.667. The number of halogens is 1. The van der Waals surface area contributed by atoms with Crippen LogP contribution in [0, 0.1) is 15.9 Å². The molecule has 146 valence electrons. The van der Waals surface area contributed by atoms with E-state index in [9.17, 15) is 19.3 Å². The van der Waals surface area contributed by atoms with Gasteiger partial charge in [-0.05, 0) is 51.3 Å². The Morgan fingerprint density at radius 2 is 2.00 bits per heavy atom. The molecule has 1 aromatic heterocycles. The fourth-order valence-electron chi connectivity index (χ4n) is 2.74. The third-order valence-corrected chi connectivity index (χ3v) is 5.15. The van der Waals surface area contributed by atoms with Gasteiger partial charge in [0, 0.05) is 24.2 Å². The van der Waals surface area contributed by atoms with Crippen LogP contribution in [-0.4, -0.2) is 47.9 Å². The minimum absolute atomic E-state index is 0.148. The lowest BCUT2D eigenvalue weighted by atomic mass is 10.1. The van der Waals surface area contributed by atoms with Gasteiger partial charge in [-0.2, -0.15) is 0 Å². The number of rotatable bonds is 7. The Morgan fingerprint density at radius 1 is 1.21 bits per heavy atom. The standard InChI is InChI=1S/C19H19FN4O3S/c1-22(2)9-4-10-23(18(25)13-5-3-6-15(11-13)24(26)27)19-21-16-8-7-14(20)12-17(16)28-19/h3,5-8,11-12H,4,9-10H2,1-2H3. The third kappa shape index (κ3) is 4.49. The molecule has 0 saturated heterocycles. The smallest absolute Gasteiger partial charge is 0.270 e. The van der Waals surface area contributed by atoms with Crippen molar-refractivity contribution in [3.63, 3.8) is 0 Å². The Morgan fingerprint density at radius 3 is 2.71 bits per heavy atom. The molecule has 3 rings (SSSR count). The van der Waals surface area contributed by atoms with Gasteiger partial charge in [-0.1, -0.05) is 17.4 Å². The van der Waals surface area contributed by atoms with Crippen molar-refractivity contribution in [1.82, 2.24) is 9.88 Å². The maximum Gasteiger partial charge on any atom is 0.270 e. The summed E-state index contributed by atoms with van der Waals surface area (Å²) >= 11 is 1.22. The Bertz CT molecular complexity index is 1020. The number of anilines is 1. The molecule has 0 radical (unpaired) electrons. The number of aromatic nitrogens is 1. The van der Waals surface area contributed by atoms with Crippen molar-refractivity contribution >= 4 is 38.3 Å². The molecule has 0 unspecified atom stereocenters. The normalized spacial score (nSPS) is 11.1. The van der Waals surface area contributed by atoms with Crippen LogP contribution in [0.4, 0.5) is 15.2 Å². The molecule has 1 amide bonds. The summed E-state index contributed by atoms with van der Waals surface area (Å²) in [5, 5.41) is 11.5. The zero-order valence-electron chi connectivity index (χ0n) is 15.5. The van der Waals surface area contributed by atoms with Crippen molar-refractivity contribution < 1.29 is 14.1 Å². The van der Waals surface area contributed by atoms with Crippen molar-refractivity contribution in [1.29, 1.82) is 0 Å². The quantitative estimate of drug-likeness (QED) is 0.442. The van der Waals surface area contributed by atoms with Crippen LogP contribution in [0.1, 0.15) is 16.8 Å². The highest BCUT2D eigenvalue weighted by molar-refractivity contribution is 7.22.